The third kappa shape index (κ3) is 4.46. The largest absolute Gasteiger partial charge is 0.507 e. The van der Waals surface area contributed by atoms with Gasteiger partial charge in [-0.3, -0.25) is 9.48 Å². The first kappa shape index (κ1) is 22.5. The van der Waals surface area contributed by atoms with E-state index in [1.165, 1.54) is 0 Å². The fourth-order valence-electron chi connectivity index (χ4n) is 4.12. The molecule has 0 bridgehead atoms. The van der Waals surface area contributed by atoms with Crippen LogP contribution in [0.25, 0.3) is 33.2 Å². The van der Waals surface area contributed by atoms with Crippen LogP contribution in [0.3, 0.4) is 0 Å². The molecule has 0 unspecified atom stereocenters. The lowest BCUT2D eigenvalue weighted by Gasteiger charge is -2.26. The monoisotopic (exact) mass is 446 g/mol. The summed E-state index contributed by atoms with van der Waals surface area (Å²) >= 11 is 0. The summed E-state index contributed by atoms with van der Waals surface area (Å²) in [7, 11) is 3.41. The molecule has 33 heavy (non-hydrogen) atoms. The number of nitrogens with zero attached hydrogens (tertiary/aromatic N) is 5. The number of aromatic nitrogens is 4. The first-order valence-corrected chi connectivity index (χ1v) is 11.3. The lowest BCUT2D eigenvalue weighted by Crippen LogP contribution is -2.28. The Morgan fingerprint density at radius 3 is 2.67 bits per heavy atom. The number of benzene rings is 2. The number of hydrogen-bond acceptors (Lipinski definition) is 6. The van der Waals surface area contributed by atoms with Crippen molar-refractivity contribution in [2.75, 3.05) is 25.0 Å². The molecule has 0 spiro atoms. The van der Waals surface area contributed by atoms with Gasteiger partial charge in [-0.2, -0.15) is 5.10 Å². The lowest BCUT2D eigenvalue weighted by atomic mass is 10.1. The number of nitrogens with one attached hydrogen (secondary N) is 1. The minimum absolute atomic E-state index is 0.0195. The molecule has 0 saturated heterocycles. The summed E-state index contributed by atoms with van der Waals surface area (Å²) in [4.78, 5) is 24.4. The number of amides is 1. The Balaban J connectivity index is 1.89. The zero-order chi connectivity index (χ0) is 23.7. The summed E-state index contributed by atoms with van der Waals surface area (Å²) in [6.07, 6.45) is 2.89. The van der Waals surface area contributed by atoms with Crippen molar-refractivity contribution >= 4 is 33.4 Å². The quantitative estimate of drug-likeness (QED) is 0.443. The molecule has 172 valence electrons. The van der Waals surface area contributed by atoms with Gasteiger partial charge in [0.15, 0.2) is 5.82 Å². The number of fused-ring (bicyclic) bond motifs is 2. The number of hydrogen-bond donors (Lipinski definition) is 2. The first-order valence-electron chi connectivity index (χ1n) is 11.3. The van der Waals surface area contributed by atoms with Crippen LogP contribution in [-0.4, -0.2) is 50.9 Å². The standard InChI is InChI=1S/C25H30N6O2/c1-6-9-31(13-15(2)3)17-7-8-20-18(11-17)23(25(33)26-4)28-24(27-20)19-10-16-14-30(5)29-21(16)12-22(19)32/h7-8,10-12,14-15,32H,6,9,13H2,1-5H3,(H,26,33). The Morgan fingerprint density at radius 2 is 1.97 bits per heavy atom. The Labute approximate surface area is 193 Å². The molecular weight excluding hydrogens is 416 g/mol. The van der Waals surface area contributed by atoms with E-state index in [2.05, 4.69) is 41.1 Å². The molecule has 0 fully saturated rings. The number of aryl methyl sites for hydroxylation is 1. The van der Waals surface area contributed by atoms with E-state index < -0.39 is 0 Å². The molecule has 0 aliphatic heterocycles. The summed E-state index contributed by atoms with van der Waals surface area (Å²) in [5.41, 5.74) is 3.11. The Kier molecular flexibility index (Phi) is 6.18. The third-order valence-electron chi connectivity index (χ3n) is 5.54. The van der Waals surface area contributed by atoms with Gasteiger partial charge in [0.05, 0.1) is 16.6 Å². The van der Waals surface area contributed by atoms with Crippen LogP contribution >= 0.6 is 0 Å². The molecule has 8 heteroatoms. The average molecular weight is 447 g/mol. The number of rotatable bonds is 7. The van der Waals surface area contributed by atoms with Crippen LogP contribution in [0.15, 0.2) is 36.5 Å². The van der Waals surface area contributed by atoms with Crippen molar-refractivity contribution in [3.05, 3.63) is 42.2 Å². The van der Waals surface area contributed by atoms with Gasteiger partial charge < -0.3 is 15.3 Å². The van der Waals surface area contributed by atoms with Crippen molar-refractivity contribution in [3.63, 3.8) is 0 Å². The van der Waals surface area contributed by atoms with E-state index in [0.29, 0.717) is 33.7 Å². The molecule has 2 heterocycles. The Morgan fingerprint density at radius 1 is 1.18 bits per heavy atom. The van der Waals surface area contributed by atoms with Crippen molar-refractivity contribution < 1.29 is 9.90 Å². The van der Waals surface area contributed by atoms with Gasteiger partial charge in [-0.1, -0.05) is 20.8 Å². The predicted octanol–water partition coefficient (Wildman–Crippen LogP) is 4.12. The SMILES string of the molecule is CCCN(CC(C)C)c1ccc2nc(-c3cc4cn(C)nc4cc3O)nc(C(=O)NC)c2c1. The maximum absolute atomic E-state index is 12.8. The van der Waals surface area contributed by atoms with Gasteiger partial charge in [0.25, 0.3) is 5.91 Å². The molecule has 4 rings (SSSR count). The van der Waals surface area contributed by atoms with Gasteiger partial charge in [0.2, 0.25) is 0 Å². The van der Waals surface area contributed by atoms with E-state index >= 15 is 0 Å². The van der Waals surface area contributed by atoms with Crippen molar-refractivity contribution in [2.24, 2.45) is 13.0 Å². The Bertz CT molecular complexity index is 1330. The first-order chi connectivity index (χ1) is 15.8. The van der Waals surface area contributed by atoms with Crippen molar-refractivity contribution in [1.82, 2.24) is 25.1 Å². The van der Waals surface area contributed by atoms with Gasteiger partial charge in [-0.05, 0) is 36.6 Å². The second-order valence-electron chi connectivity index (χ2n) is 8.75. The van der Waals surface area contributed by atoms with Crippen molar-refractivity contribution in [1.29, 1.82) is 0 Å². The van der Waals surface area contributed by atoms with Gasteiger partial charge >= 0.3 is 0 Å². The molecule has 0 saturated carbocycles. The smallest absolute Gasteiger partial charge is 0.270 e. The van der Waals surface area contributed by atoms with Gasteiger partial charge in [-0.25, -0.2) is 9.97 Å². The van der Waals surface area contributed by atoms with Gasteiger partial charge in [-0.15, -0.1) is 0 Å². The highest BCUT2D eigenvalue weighted by Gasteiger charge is 2.19. The highest BCUT2D eigenvalue weighted by atomic mass is 16.3. The summed E-state index contributed by atoms with van der Waals surface area (Å²) in [6, 6.07) is 9.34. The number of anilines is 1. The predicted molar refractivity (Wildman–Crippen MR) is 132 cm³/mol. The maximum Gasteiger partial charge on any atom is 0.270 e. The zero-order valence-corrected chi connectivity index (χ0v) is 19.8. The maximum atomic E-state index is 12.8. The molecule has 8 nitrogen and oxygen atoms in total. The minimum Gasteiger partial charge on any atom is -0.507 e. The fraction of sp³-hybridized carbons (Fsp3) is 0.360. The van der Waals surface area contributed by atoms with Crippen LogP contribution in [0.1, 0.15) is 37.7 Å². The van der Waals surface area contributed by atoms with E-state index in [1.807, 2.05) is 31.4 Å². The zero-order valence-electron chi connectivity index (χ0n) is 19.8. The average Bonchev–Trinajstić information content (AvgIpc) is 3.15. The second-order valence-corrected chi connectivity index (χ2v) is 8.75. The van der Waals surface area contributed by atoms with Crippen LogP contribution in [0.5, 0.6) is 5.75 Å². The molecule has 0 radical (unpaired) electrons. The highest BCUT2D eigenvalue weighted by Crippen LogP contribution is 2.33. The molecule has 0 aliphatic carbocycles. The molecular formula is C25H30N6O2. The van der Waals surface area contributed by atoms with Crippen LogP contribution in [-0.2, 0) is 7.05 Å². The molecule has 2 aromatic heterocycles. The summed E-state index contributed by atoms with van der Waals surface area (Å²) in [6.45, 7) is 8.40. The molecule has 2 N–H and O–H groups in total. The van der Waals surface area contributed by atoms with Gasteiger partial charge in [0, 0.05) is 55.9 Å². The molecule has 2 aromatic carbocycles. The topological polar surface area (TPSA) is 96.2 Å². The molecule has 4 aromatic rings. The van der Waals surface area contributed by atoms with Crippen LogP contribution in [0.2, 0.25) is 0 Å². The summed E-state index contributed by atoms with van der Waals surface area (Å²) < 4.78 is 1.69. The number of carbonyl (C=O) groups excluding carboxylic acids is 1. The van der Waals surface area contributed by atoms with E-state index in [-0.39, 0.29) is 17.4 Å². The lowest BCUT2D eigenvalue weighted by molar-refractivity contribution is 0.0960. The van der Waals surface area contributed by atoms with Crippen LogP contribution in [0, 0.1) is 5.92 Å². The number of phenolic OH excluding ortho intramolecular Hbond substituents is 1. The minimum atomic E-state index is -0.298. The van der Waals surface area contributed by atoms with Crippen LogP contribution in [0.4, 0.5) is 5.69 Å². The molecule has 1 amide bonds. The normalized spacial score (nSPS) is 11.5. The van der Waals surface area contributed by atoms with E-state index in [9.17, 15) is 9.90 Å². The number of carbonyl (C=O) groups is 1. The summed E-state index contributed by atoms with van der Waals surface area (Å²) in [5, 5.41) is 19.2. The Hall–Kier alpha value is -3.68. The van der Waals surface area contributed by atoms with E-state index in [4.69, 9.17) is 4.98 Å². The van der Waals surface area contributed by atoms with Gasteiger partial charge in [0.1, 0.15) is 11.4 Å². The molecule has 0 atom stereocenters. The highest BCUT2D eigenvalue weighted by molar-refractivity contribution is 6.05. The van der Waals surface area contributed by atoms with Crippen molar-refractivity contribution in [2.45, 2.75) is 27.2 Å². The second kappa shape index (κ2) is 9.05. The number of phenols is 1. The van der Waals surface area contributed by atoms with E-state index in [1.54, 1.807) is 23.9 Å². The molecule has 0 aliphatic rings. The fourth-order valence-corrected chi connectivity index (χ4v) is 4.12. The summed E-state index contributed by atoms with van der Waals surface area (Å²) in [5.74, 6) is 0.527. The van der Waals surface area contributed by atoms with E-state index in [0.717, 1.165) is 30.6 Å². The van der Waals surface area contributed by atoms with Crippen LogP contribution < -0.4 is 10.2 Å². The van der Waals surface area contributed by atoms with Crippen molar-refractivity contribution in [3.8, 4) is 17.1 Å². The third-order valence-corrected chi connectivity index (χ3v) is 5.54. The number of aromatic hydroxyl groups is 1.